The number of carbonyl (C=O) groups is 1. The number of hydrogen-bond acceptors (Lipinski definition) is 3. The second-order valence-corrected chi connectivity index (χ2v) is 8.34. The largest absolute Gasteiger partial charge is 0.494 e. The normalized spacial score (nSPS) is 18.1. The lowest BCUT2D eigenvalue weighted by Crippen LogP contribution is -2.56. The lowest BCUT2D eigenvalue weighted by molar-refractivity contribution is 0.0530. The van der Waals surface area contributed by atoms with Crippen LogP contribution in [0.1, 0.15) is 81.6 Å². The van der Waals surface area contributed by atoms with Crippen LogP contribution in [0.5, 0.6) is 5.75 Å². The number of fused-ring (bicyclic) bond motifs is 1. The van der Waals surface area contributed by atoms with Gasteiger partial charge in [-0.05, 0) is 44.0 Å². The molecule has 0 radical (unpaired) electrons. The van der Waals surface area contributed by atoms with Crippen molar-refractivity contribution in [2.45, 2.75) is 71.4 Å². The van der Waals surface area contributed by atoms with Crippen molar-refractivity contribution < 1.29 is 9.53 Å². The van der Waals surface area contributed by atoms with Crippen molar-refractivity contribution in [2.24, 2.45) is 0 Å². The molecule has 2 aromatic carbocycles. The average molecular weight is 409 g/mol. The van der Waals surface area contributed by atoms with Gasteiger partial charge < -0.3 is 15.0 Å². The van der Waals surface area contributed by atoms with Crippen LogP contribution in [0.3, 0.4) is 0 Å². The standard InChI is InChI=1S/C26H36N2O2/c1-4-6-8-9-12-19-30-22-15-13-14-21(20-22)26(3)27-24-17-11-10-16-23(24)25(29)28(26)18-7-5-2/h10-11,13-17,20,27H,4-9,12,18-19H2,1-3H3. The molecule has 1 heterocycles. The zero-order valence-corrected chi connectivity index (χ0v) is 18.7. The lowest BCUT2D eigenvalue weighted by atomic mass is 9.93. The van der Waals surface area contributed by atoms with Gasteiger partial charge in [-0.1, -0.05) is 70.2 Å². The topological polar surface area (TPSA) is 41.6 Å². The van der Waals surface area contributed by atoms with Gasteiger partial charge in [-0.25, -0.2) is 0 Å². The molecule has 3 rings (SSSR count). The molecular formula is C26H36N2O2. The number of nitrogens with zero attached hydrogens (tertiary/aromatic N) is 1. The van der Waals surface area contributed by atoms with Crippen LogP contribution in [0.25, 0.3) is 0 Å². The Hall–Kier alpha value is -2.49. The van der Waals surface area contributed by atoms with E-state index in [1.54, 1.807) is 0 Å². The van der Waals surface area contributed by atoms with Gasteiger partial charge in [-0.2, -0.15) is 0 Å². The van der Waals surface area contributed by atoms with Gasteiger partial charge in [0.15, 0.2) is 0 Å². The summed E-state index contributed by atoms with van der Waals surface area (Å²) in [7, 11) is 0. The molecule has 4 nitrogen and oxygen atoms in total. The van der Waals surface area contributed by atoms with Gasteiger partial charge in [0.2, 0.25) is 0 Å². The third-order valence-corrected chi connectivity index (χ3v) is 5.97. The zero-order chi connectivity index (χ0) is 21.4. The highest BCUT2D eigenvalue weighted by Gasteiger charge is 2.42. The predicted molar refractivity (Wildman–Crippen MR) is 124 cm³/mol. The molecule has 1 amide bonds. The van der Waals surface area contributed by atoms with Gasteiger partial charge in [-0.3, -0.25) is 4.79 Å². The first kappa shape index (κ1) is 22.2. The molecule has 0 aliphatic carbocycles. The van der Waals surface area contributed by atoms with E-state index in [2.05, 4.69) is 38.2 Å². The molecule has 1 N–H and O–H groups in total. The Morgan fingerprint density at radius 2 is 1.70 bits per heavy atom. The van der Waals surface area contributed by atoms with Crippen LogP contribution >= 0.6 is 0 Å². The third-order valence-electron chi connectivity index (χ3n) is 5.97. The van der Waals surface area contributed by atoms with Gasteiger partial charge >= 0.3 is 0 Å². The molecule has 1 atom stereocenters. The second-order valence-electron chi connectivity index (χ2n) is 8.34. The molecule has 0 saturated carbocycles. The van der Waals surface area contributed by atoms with E-state index < -0.39 is 5.66 Å². The smallest absolute Gasteiger partial charge is 0.258 e. The maximum Gasteiger partial charge on any atom is 0.258 e. The number of unbranched alkanes of at least 4 members (excludes halogenated alkanes) is 5. The van der Waals surface area contributed by atoms with E-state index in [0.717, 1.165) is 55.0 Å². The van der Waals surface area contributed by atoms with Crippen molar-refractivity contribution in [3.8, 4) is 5.75 Å². The van der Waals surface area contributed by atoms with Crippen LogP contribution in [0.15, 0.2) is 48.5 Å². The molecular weight excluding hydrogens is 372 g/mol. The molecule has 1 aliphatic heterocycles. The molecule has 0 spiro atoms. The molecule has 0 saturated heterocycles. The number of para-hydroxylation sites is 1. The quantitative estimate of drug-likeness (QED) is 0.427. The molecule has 0 aromatic heterocycles. The first-order valence-electron chi connectivity index (χ1n) is 11.5. The Morgan fingerprint density at radius 3 is 2.50 bits per heavy atom. The summed E-state index contributed by atoms with van der Waals surface area (Å²) in [5, 5.41) is 3.65. The second kappa shape index (κ2) is 10.5. The number of benzene rings is 2. The Morgan fingerprint density at radius 1 is 0.933 bits per heavy atom. The van der Waals surface area contributed by atoms with Gasteiger partial charge in [0.25, 0.3) is 5.91 Å². The van der Waals surface area contributed by atoms with Crippen LogP contribution in [0.4, 0.5) is 5.69 Å². The number of carbonyl (C=O) groups excluding carboxylic acids is 1. The monoisotopic (exact) mass is 408 g/mol. The SMILES string of the molecule is CCCCCCCOc1cccc(C2(C)Nc3ccccc3C(=O)N2CCCC)c1. The van der Waals surface area contributed by atoms with Crippen LogP contribution < -0.4 is 10.1 Å². The van der Waals surface area contributed by atoms with Crippen molar-refractivity contribution in [1.82, 2.24) is 4.90 Å². The molecule has 1 unspecified atom stereocenters. The summed E-state index contributed by atoms with van der Waals surface area (Å²) in [6, 6.07) is 16.0. The van der Waals surface area contributed by atoms with Crippen LogP contribution in [0.2, 0.25) is 0 Å². The first-order valence-corrected chi connectivity index (χ1v) is 11.5. The van der Waals surface area contributed by atoms with Crippen molar-refractivity contribution in [3.63, 3.8) is 0 Å². The van der Waals surface area contributed by atoms with Gasteiger partial charge in [0.05, 0.1) is 12.2 Å². The van der Waals surface area contributed by atoms with Crippen LogP contribution in [0, 0.1) is 0 Å². The minimum atomic E-state index is -0.610. The maximum absolute atomic E-state index is 13.3. The Labute approximate surface area is 181 Å². The number of hydrogen-bond donors (Lipinski definition) is 1. The molecule has 0 fully saturated rings. The van der Waals surface area contributed by atoms with Crippen molar-refractivity contribution in [1.29, 1.82) is 0 Å². The van der Waals surface area contributed by atoms with E-state index >= 15 is 0 Å². The summed E-state index contributed by atoms with van der Waals surface area (Å²) in [6.07, 6.45) is 8.13. The molecule has 2 aromatic rings. The number of anilines is 1. The van der Waals surface area contributed by atoms with Gasteiger partial charge in [0, 0.05) is 17.8 Å². The van der Waals surface area contributed by atoms with Crippen LogP contribution in [-0.2, 0) is 5.66 Å². The number of amides is 1. The van der Waals surface area contributed by atoms with Gasteiger partial charge in [0.1, 0.15) is 11.4 Å². The molecule has 0 bridgehead atoms. The van der Waals surface area contributed by atoms with E-state index in [1.165, 1.54) is 25.7 Å². The van der Waals surface area contributed by atoms with E-state index in [-0.39, 0.29) is 5.91 Å². The Bertz CT molecular complexity index is 835. The van der Waals surface area contributed by atoms with Crippen LogP contribution in [-0.4, -0.2) is 24.0 Å². The minimum Gasteiger partial charge on any atom is -0.494 e. The minimum absolute atomic E-state index is 0.0857. The van der Waals surface area contributed by atoms with E-state index in [4.69, 9.17) is 4.74 Å². The summed E-state index contributed by atoms with van der Waals surface area (Å²) in [5.41, 5.74) is 2.07. The zero-order valence-electron chi connectivity index (χ0n) is 18.7. The van der Waals surface area contributed by atoms with Gasteiger partial charge in [-0.15, -0.1) is 0 Å². The van der Waals surface area contributed by atoms with E-state index in [1.807, 2.05) is 41.3 Å². The summed E-state index contributed by atoms with van der Waals surface area (Å²) in [6.45, 7) is 7.94. The lowest BCUT2D eigenvalue weighted by Gasteiger charge is -2.47. The number of rotatable bonds is 11. The van der Waals surface area contributed by atoms with E-state index in [9.17, 15) is 4.79 Å². The third kappa shape index (κ3) is 4.97. The molecule has 30 heavy (non-hydrogen) atoms. The first-order chi connectivity index (χ1) is 14.6. The Kier molecular flexibility index (Phi) is 7.78. The van der Waals surface area contributed by atoms with Crippen molar-refractivity contribution in [2.75, 3.05) is 18.5 Å². The highest BCUT2D eigenvalue weighted by atomic mass is 16.5. The number of ether oxygens (including phenoxy) is 1. The fourth-order valence-electron chi connectivity index (χ4n) is 4.11. The van der Waals surface area contributed by atoms with E-state index in [0.29, 0.717) is 0 Å². The molecule has 162 valence electrons. The summed E-state index contributed by atoms with van der Waals surface area (Å²) in [4.78, 5) is 15.3. The highest BCUT2D eigenvalue weighted by molar-refractivity contribution is 6.02. The summed E-state index contributed by atoms with van der Waals surface area (Å²) in [5.74, 6) is 0.954. The number of nitrogens with one attached hydrogen (secondary N) is 1. The maximum atomic E-state index is 13.3. The van der Waals surface area contributed by atoms with Crippen molar-refractivity contribution >= 4 is 11.6 Å². The summed E-state index contributed by atoms with van der Waals surface area (Å²) < 4.78 is 6.04. The molecule has 4 heteroatoms. The predicted octanol–water partition coefficient (Wildman–Crippen LogP) is 6.58. The summed E-state index contributed by atoms with van der Waals surface area (Å²) >= 11 is 0. The Balaban J connectivity index is 1.80. The fourth-order valence-corrected chi connectivity index (χ4v) is 4.11. The average Bonchev–Trinajstić information content (AvgIpc) is 2.76. The highest BCUT2D eigenvalue weighted by Crippen LogP contribution is 2.38. The fraction of sp³-hybridized carbons (Fsp3) is 0.500. The van der Waals surface area contributed by atoms with Crippen molar-refractivity contribution in [3.05, 3.63) is 59.7 Å². The molecule has 1 aliphatic rings.